The first-order valence-corrected chi connectivity index (χ1v) is 9.72. The lowest BCUT2D eigenvalue weighted by molar-refractivity contribution is 0.0637. The largest absolute Gasteiger partial charge is 0.349 e. The van der Waals surface area contributed by atoms with Gasteiger partial charge in [-0.05, 0) is 26.0 Å². The van der Waals surface area contributed by atoms with Crippen molar-refractivity contribution in [1.29, 1.82) is 0 Å². The lowest BCUT2D eigenvalue weighted by atomic mass is 10.2. The number of hydrogen-bond donors (Lipinski definition) is 0. The van der Waals surface area contributed by atoms with Crippen LogP contribution in [0.25, 0.3) is 0 Å². The van der Waals surface area contributed by atoms with Gasteiger partial charge < -0.3 is 14.7 Å². The van der Waals surface area contributed by atoms with Gasteiger partial charge in [-0.25, -0.2) is 9.97 Å². The van der Waals surface area contributed by atoms with Gasteiger partial charge in [-0.1, -0.05) is 37.3 Å². The zero-order valence-corrected chi connectivity index (χ0v) is 16.5. The number of nitrogens with zero attached hydrogens (tertiary/aromatic N) is 5. The molecule has 6 heteroatoms. The van der Waals surface area contributed by atoms with Gasteiger partial charge in [-0.2, -0.15) is 0 Å². The first kappa shape index (κ1) is 19.3. The third kappa shape index (κ3) is 4.83. The average molecular weight is 367 g/mol. The Hall–Kier alpha value is -2.47. The Balaban J connectivity index is 1.68. The Morgan fingerprint density at radius 2 is 1.78 bits per heavy atom. The highest BCUT2D eigenvalue weighted by molar-refractivity contribution is 5.92. The van der Waals surface area contributed by atoms with Crippen molar-refractivity contribution < 1.29 is 4.79 Å². The Kier molecular flexibility index (Phi) is 6.40. The van der Waals surface area contributed by atoms with Crippen molar-refractivity contribution in [2.75, 3.05) is 37.6 Å². The first-order valence-electron chi connectivity index (χ1n) is 9.72. The summed E-state index contributed by atoms with van der Waals surface area (Å²) in [5, 5.41) is 0. The van der Waals surface area contributed by atoms with Crippen molar-refractivity contribution in [2.45, 2.75) is 33.4 Å². The van der Waals surface area contributed by atoms with Crippen LogP contribution >= 0.6 is 0 Å². The van der Waals surface area contributed by atoms with E-state index in [4.69, 9.17) is 0 Å². The molecule has 1 aliphatic rings. The van der Waals surface area contributed by atoms with Gasteiger partial charge in [-0.3, -0.25) is 4.79 Å². The number of anilines is 1. The Labute approximate surface area is 161 Å². The van der Waals surface area contributed by atoms with Crippen LogP contribution in [0.5, 0.6) is 0 Å². The summed E-state index contributed by atoms with van der Waals surface area (Å²) in [6, 6.07) is 10.6. The molecule has 1 saturated heterocycles. The molecular formula is C21H29N5O. The molecule has 0 aliphatic carbocycles. The van der Waals surface area contributed by atoms with Gasteiger partial charge >= 0.3 is 0 Å². The monoisotopic (exact) mass is 367 g/mol. The fourth-order valence-corrected chi connectivity index (χ4v) is 3.32. The number of hydrogen-bond acceptors (Lipinski definition) is 5. The molecule has 3 rings (SSSR count). The molecule has 1 aromatic heterocycles. The molecule has 0 bridgehead atoms. The molecule has 2 aromatic rings. The Morgan fingerprint density at radius 3 is 2.33 bits per heavy atom. The van der Waals surface area contributed by atoms with Gasteiger partial charge in [0.1, 0.15) is 11.5 Å². The molecule has 0 saturated carbocycles. The third-order valence-electron chi connectivity index (χ3n) is 5.08. The van der Waals surface area contributed by atoms with E-state index in [0.717, 1.165) is 45.1 Å². The normalized spacial score (nSPS) is 15.2. The van der Waals surface area contributed by atoms with Gasteiger partial charge in [0.2, 0.25) is 0 Å². The molecule has 2 heterocycles. The van der Waals surface area contributed by atoms with Gasteiger partial charge in [0.25, 0.3) is 5.91 Å². The van der Waals surface area contributed by atoms with Gasteiger partial charge in [0.05, 0.1) is 12.4 Å². The molecule has 0 atom stereocenters. The first-order chi connectivity index (χ1) is 13.1. The maximum Gasteiger partial charge on any atom is 0.274 e. The number of rotatable bonds is 6. The van der Waals surface area contributed by atoms with Gasteiger partial charge in [0.15, 0.2) is 0 Å². The smallest absolute Gasteiger partial charge is 0.274 e. The minimum atomic E-state index is -0.0241. The van der Waals surface area contributed by atoms with E-state index in [1.54, 1.807) is 12.4 Å². The number of aromatic nitrogens is 2. The second kappa shape index (κ2) is 8.95. The Bertz CT molecular complexity index is 724. The molecule has 1 amide bonds. The van der Waals surface area contributed by atoms with E-state index in [9.17, 15) is 4.79 Å². The van der Waals surface area contributed by atoms with E-state index in [-0.39, 0.29) is 11.9 Å². The van der Waals surface area contributed by atoms with Crippen LogP contribution in [-0.4, -0.2) is 64.4 Å². The fourth-order valence-electron chi connectivity index (χ4n) is 3.32. The standard InChI is InChI=1S/C21H29N5O/c1-4-24-10-12-25(13-11-24)21(27)19-14-23-20(15-22-19)26(17(2)3)16-18-8-6-5-7-9-18/h5-9,14-15,17H,4,10-13,16H2,1-3H3. The highest BCUT2D eigenvalue weighted by Crippen LogP contribution is 2.17. The summed E-state index contributed by atoms with van der Waals surface area (Å²) < 4.78 is 0. The number of piperazine rings is 1. The summed E-state index contributed by atoms with van der Waals surface area (Å²) in [6.07, 6.45) is 3.34. The summed E-state index contributed by atoms with van der Waals surface area (Å²) in [7, 11) is 0. The second-order valence-corrected chi connectivity index (χ2v) is 7.19. The minimum absolute atomic E-state index is 0.0241. The van der Waals surface area contributed by atoms with E-state index in [1.165, 1.54) is 5.56 Å². The molecule has 1 fully saturated rings. The topological polar surface area (TPSA) is 52.6 Å². The lowest BCUT2D eigenvalue weighted by Crippen LogP contribution is -2.48. The van der Waals surface area contributed by atoms with Crippen LogP contribution in [-0.2, 0) is 6.54 Å². The number of amides is 1. The van der Waals surface area contributed by atoms with Crippen molar-refractivity contribution in [3.63, 3.8) is 0 Å². The SMILES string of the molecule is CCN1CCN(C(=O)c2cnc(N(Cc3ccccc3)C(C)C)cn2)CC1. The molecule has 1 aromatic carbocycles. The lowest BCUT2D eigenvalue weighted by Gasteiger charge is -2.33. The van der Waals surface area contributed by atoms with Crippen LogP contribution in [0, 0.1) is 0 Å². The number of likely N-dealkylation sites (N-methyl/N-ethyl adjacent to an activating group) is 1. The summed E-state index contributed by atoms with van der Waals surface area (Å²) >= 11 is 0. The highest BCUT2D eigenvalue weighted by Gasteiger charge is 2.23. The third-order valence-corrected chi connectivity index (χ3v) is 5.08. The van der Waals surface area contributed by atoms with Crippen molar-refractivity contribution in [3.8, 4) is 0 Å². The van der Waals surface area contributed by atoms with Crippen molar-refractivity contribution in [3.05, 3.63) is 54.0 Å². The molecule has 0 radical (unpaired) electrons. The van der Waals surface area contributed by atoms with E-state index in [1.807, 2.05) is 23.1 Å². The number of carbonyl (C=O) groups is 1. The van der Waals surface area contributed by atoms with Gasteiger partial charge in [0, 0.05) is 38.8 Å². The molecule has 0 N–H and O–H groups in total. The summed E-state index contributed by atoms with van der Waals surface area (Å²) in [6.45, 7) is 11.6. The highest BCUT2D eigenvalue weighted by atomic mass is 16.2. The molecule has 1 aliphatic heterocycles. The van der Waals surface area contributed by atoms with E-state index >= 15 is 0 Å². The van der Waals surface area contributed by atoms with Crippen LogP contribution in [0.4, 0.5) is 5.82 Å². The average Bonchev–Trinajstić information content (AvgIpc) is 2.72. The fraction of sp³-hybridized carbons (Fsp3) is 0.476. The maximum atomic E-state index is 12.7. The predicted molar refractivity (Wildman–Crippen MR) is 108 cm³/mol. The minimum Gasteiger partial charge on any atom is -0.349 e. The number of carbonyl (C=O) groups excluding carboxylic acids is 1. The maximum absolute atomic E-state index is 12.7. The second-order valence-electron chi connectivity index (χ2n) is 7.19. The molecular weight excluding hydrogens is 338 g/mol. The van der Waals surface area contributed by atoms with Crippen LogP contribution in [0.15, 0.2) is 42.7 Å². The zero-order valence-electron chi connectivity index (χ0n) is 16.5. The molecule has 0 spiro atoms. The van der Waals surface area contributed by atoms with Crippen LogP contribution in [0.2, 0.25) is 0 Å². The van der Waals surface area contributed by atoms with Crippen LogP contribution < -0.4 is 4.90 Å². The van der Waals surface area contributed by atoms with Crippen molar-refractivity contribution in [2.24, 2.45) is 0 Å². The van der Waals surface area contributed by atoms with E-state index < -0.39 is 0 Å². The summed E-state index contributed by atoms with van der Waals surface area (Å²) in [5.74, 6) is 0.769. The van der Waals surface area contributed by atoms with Crippen LogP contribution in [0.1, 0.15) is 36.8 Å². The number of benzene rings is 1. The van der Waals surface area contributed by atoms with Crippen molar-refractivity contribution >= 4 is 11.7 Å². The van der Waals surface area contributed by atoms with Crippen molar-refractivity contribution in [1.82, 2.24) is 19.8 Å². The summed E-state index contributed by atoms with van der Waals surface area (Å²) in [5.41, 5.74) is 1.65. The summed E-state index contributed by atoms with van der Waals surface area (Å²) in [4.78, 5) is 28.1. The molecule has 0 unspecified atom stereocenters. The molecule has 6 nitrogen and oxygen atoms in total. The van der Waals surface area contributed by atoms with E-state index in [0.29, 0.717) is 5.69 Å². The van der Waals surface area contributed by atoms with Gasteiger partial charge in [-0.15, -0.1) is 0 Å². The molecule has 27 heavy (non-hydrogen) atoms. The zero-order chi connectivity index (χ0) is 19.2. The van der Waals surface area contributed by atoms with Crippen LogP contribution in [0.3, 0.4) is 0 Å². The van der Waals surface area contributed by atoms with E-state index in [2.05, 4.69) is 52.7 Å². The quantitative estimate of drug-likeness (QED) is 0.786. The Morgan fingerprint density at radius 1 is 1.07 bits per heavy atom. The predicted octanol–water partition coefficient (Wildman–Crippen LogP) is 2.67. The molecule has 144 valence electrons.